The molecule has 2 aliphatic rings. The molecule has 1 amide bonds. The molecule has 1 N–H and O–H groups in total. The monoisotopic (exact) mass is 413 g/mol. The van der Waals surface area contributed by atoms with Crippen LogP contribution in [-0.2, 0) is 11.2 Å². The molecule has 29 heavy (non-hydrogen) atoms. The number of hydrogen-bond acceptors (Lipinski definition) is 5. The molecule has 0 saturated carbocycles. The molecule has 1 saturated heterocycles. The third kappa shape index (κ3) is 4.98. The van der Waals surface area contributed by atoms with Gasteiger partial charge in [-0.1, -0.05) is 0 Å². The average Bonchev–Trinajstić information content (AvgIpc) is 3.32. The lowest BCUT2D eigenvalue weighted by molar-refractivity contribution is -0.119. The van der Waals surface area contributed by atoms with Crippen LogP contribution < -0.4 is 10.1 Å². The number of carbonyl (C=O) groups is 1. The molecule has 1 aromatic heterocycles. The van der Waals surface area contributed by atoms with Crippen molar-refractivity contribution in [2.45, 2.75) is 64.5 Å². The van der Waals surface area contributed by atoms with E-state index >= 15 is 0 Å². The molecule has 0 radical (unpaired) electrons. The van der Waals surface area contributed by atoms with Gasteiger partial charge in [-0.3, -0.25) is 4.79 Å². The van der Waals surface area contributed by atoms with Crippen molar-refractivity contribution in [1.29, 1.82) is 0 Å². The Morgan fingerprint density at radius 2 is 2.10 bits per heavy atom. The average molecular weight is 414 g/mol. The van der Waals surface area contributed by atoms with Crippen molar-refractivity contribution in [2.75, 3.05) is 19.7 Å². The highest BCUT2D eigenvalue weighted by Gasteiger charge is 2.25. The zero-order chi connectivity index (χ0) is 20.2. The zero-order valence-corrected chi connectivity index (χ0v) is 18.3. The summed E-state index contributed by atoms with van der Waals surface area (Å²) >= 11 is 1.75. The molecule has 2 heterocycles. The second-order valence-corrected chi connectivity index (χ2v) is 9.31. The summed E-state index contributed by atoms with van der Waals surface area (Å²) in [5, 5.41) is 4.07. The summed E-state index contributed by atoms with van der Waals surface area (Å²) in [5.74, 6) is 0.929. The minimum atomic E-state index is 0.0121. The van der Waals surface area contributed by atoms with Gasteiger partial charge in [0.1, 0.15) is 10.8 Å². The number of carbonyl (C=O) groups excluding carboxylic acids is 1. The molecule has 1 aromatic carbocycles. The van der Waals surface area contributed by atoms with E-state index in [1.165, 1.54) is 24.3 Å². The first-order valence-electron chi connectivity index (χ1n) is 10.8. The molecule has 1 fully saturated rings. The van der Waals surface area contributed by atoms with Crippen LogP contribution in [0, 0.1) is 0 Å². The highest BCUT2D eigenvalue weighted by molar-refractivity contribution is 7.15. The van der Waals surface area contributed by atoms with Crippen molar-refractivity contribution in [3.05, 3.63) is 34.8 Å². The number of ether oxygens (including phenoxy) is 1. The lowest BCUT2D eigenvalue weighted by Gasteiger charge is -2.21. The fourth-order valence-corrected chi connectivity index (χ4v) is 5.57. The smallest absolute Gasteiger partial charge is 0.217 e. The van der Waals surface area contributed by atoms with Crippen LogP contribution in [0.4, 0.5) is 0 Å². The van der Waals surface area contributed by atoms with E-state index in [1.54, 1.807) is 18.3 Å². The SMILES string of the molecule is CC(=O)NC1CCCc2sc(-c3ccc(OCCCN4CCCC4C)cc3)nc21. The summed E-state index contributed by atoms with van der Waals surface area (Å²) in [4.78, 5) is 20.2. The van der Waals surface area contributed by atoms with Crippen LogP contribution in [0.3, 0.4) is 0 Å². The highest BCUT2D eigenvalue weighted by Crippen LogP contribution is 2.37. The van der Waals surface area contributed by atoms with Crippen LogP contribution in [0.1, 0.15) is 62.6 Å². The summed E-state index contributed by atoms with van der Waals surface area (Å²) in [6.45, 7) is 7.01. The number of fused-ring (bicyclic) bond motifs is 1. The molecule has 2 atom stereocenters. The summed E-state index contributed by atoms with van der Waals surface area (Å²) in [5.41, 5.74) is 2.17. The number of rotatable bonds is 7. The third-order valence-corrected chi connectivity index (χ3v) is 7.16. The number of nitrogens with zero attached hydrogens (tertiary/aromatic N) is 2. The number of benzene rings is 1. The standard InChI is InChI=1S/C23H31N3O2S/c1-16-6-4-13-26(16)14-5-15-28-19-11-9-18(10-12-19)23-25-22-20(24-17(2)27)7-3-8-21(22)29-23/h9-12,16,20H,3-8,13-15H2,1-2H3,(H,24,27). The number of thiazole rings is 1. The molecule has 1 aliphatic carbocycles. The predicted octanol–water partition coefficient (Wildman–Crippen LogP) is 4.58. The number of hydrogen-bond donors (Lipinski definition) is 1. The van der Waals surface area contributed by atoms with E-state index in [0.29, 0.717) is 0 Å². The quantitative estimate of drug-likeness (QED) is 0.675. The number of likely N-dealkylation sites (tertiary alicyclic amines) is 1. The largest absolute Gasteiger partial charge is 0.494 e. The summed E-state index contributed by atoms with van der Waals surface area (Å²) in [7, 11) is 0. The fourth-order valence-electron chi connectivity index (χ4n) is 4.40. The van der Waals surface area contributed by atoms with Crippen molar-refractivity contribution in [3.63, 3.8) is 0 Å². The molecular weight excluding hydrogens is 382 g/mol. The Morgan fingerprint density at radius 1 is 1.28 bits per heavy atom. The van der Waals surface area contributed by atoms with Gasteiger partial charge in [0, 0.05) is 30.0 Å². The van der Waals surface area contributed by atoms with Crippen molar-refractivity contribution in [3.8, 4) is 16.3 Å². The van der Waals surface area contributed by atoms with Gasteiger partial charge >= 0.3 is 0 Å². The summed E-state index contributed by atoms with van der Waals surface area (Å²) < 4.78 is 5.94. The molecule has 156 valence electrons. The van der Waals surface area contributed by atoms with Crippen molar-refractivity contribution in [2.24, 2.45) is 0 Å². The van der Waals surface area contributed by atoms with Crippen molar-refractivity contribution < 1.29 is 9.53 Å². The summed E-state index contributed by atoms with van der Waals surface area (Å²) in [6, 6.07) is 9.05. The minimum absolute atomic E-state index is 0.0121. The number of amides is 1. The maximum absolute atomic E-state index is 11.5. The van der Waals surface area contributed by atoms with E-state index in [2.05, 4.69) is 29.3 Å². The minimum Gasteiger partial charge on any atom is -0.494 e. The zero-order valence-electron chi connectivity index (χ0n) is 17.4. The first kappa shape index (κ1) is 20.4. The number of aryl methyl sites for hydroxylation is 1. The molecule has 0 spiro atoms. The van der Waals surface area contributed by atoms with Gasteiger partial charge in [-0.05, 0) is 76.3 Å². The van der Waals surface area contributed by atoms with E-state index in [-0.39, 0.29) is 11.9 Å². The molecule has 2 aromatic rings. The van der Waals surface area contributed by atoms with Gasteiger partial charge in [0.2, 0.25) is 5.91 Å². The molecule has 1 aliphatic heterocycles. The van der Waals surface area contributed by atoms with E-state index in [9.17, 15) is 4.79 Å². The maximum Gasteiger partial charge on any atom is 0.217 e. The van der Waals surface area contributed by atoms with Gasteiger partial charge in [-0.25, -0.2) is 4.98 Å². The van der Waals surface area contributed by atoms with Gasteiger partial charge in [0.25, 0.3) is 0 Å². The van der Waals surface area contributed by atoms with E-state index < -0.39 is 0 Å². The molecular formula is C23H31N3O2S. The Kier molecular flexibility index (Phi) is 6.50. The second kappa shape index (κ2) is 9.26. The van der Waals surface area contributed by atoms with Crippen LogP contribution in [0.25, 0.3) is 10.6 Å². The topological polar surface area (TPSA) is 54.5 Å². The van der Waals surface area contributed by atoms with Crippen LogP contribution in [0.2, 0.25) is 0 Å². The van der Waals surface area contributed by atoms with Gasteiger partial charge < -0.3 is 15.0 Å². The first-order chi connectivity index (χ1) is 14.1. The number of aromatic nitrogens is 1. The lowest BCUT2D eigenvalue weighted by atomic mass is 9.97. The van der Waals surface area contributed by atoms with Gasteiger partial charge in [-0.15, -0.1) is 11.3 Å². The molecule has 4 rings (SSSR count). The number of nitrogens with one attached hydrogen (secondary N) is 1. The van der Waals surface area contributed by atoms with Crippen LogP contribution in [-0.4, -0.2) is 41.5 Å². The van der Waals surface area contributed by atoms with Crippen LogP contribution in [0.15, 0.2) is 24.3 Å². The first-order valence-corrected chi connectivity index (χ1v) is 11.7. The Morgan fingerprint density at radius 3 is 2.83 bits per heavy atom. The fraction of sp³-hybridized carbons (Fsp3) is 0.565. The Labute approximate surface area is 177 Å². The molecule has 2 unspecified atom stereocenters. The van der Waals surface area contributed by atoms with Gasteiger partial charge in [0.15, 0.2) is 0 Å². The van der Waals surface area contributed by atoms with Crippen molar-refractivity contribution in [1.82, 2.24) is 15.2 Å². The maximum atomic E-state index is 11.5. The van der Waals surface area contributed by atoms with E-state index in [1.807, 2.05) is 12.1 Å². The lowest BCUT2D eigenvalue weighted by Crippen LogP contribution is -2.28. The molecule has 0 bridgehead atoms. The van der Waals surface area contributed by atoms with Gasteiger partial charge in [0.05, 0.1) is 18.3 Å². The Bertz CT molecular complexity index is 833. The Hall–Kier alpha value is -1.92. The Balaban J connectivity index is 1.33. The van der Waals surface area contributed by atoms with E-state index in [4.69, 9.17) is 9.72 Å². The predicted molar refractivity (Wildman–Crippen MR) is 117 cm³/mol. The van der Waals surface area contributed by atoms with Crippen LogP contribution in [0.5, 0.6) is 5.75 Å². The molecule has 5 nitrogen and oxygen atoms in total. The summed E-state index contributed by atoms with van der Waals surface area (Å²) in [6.07, 6.45) is 6.85. The third-order valence-electron chi connectivity index (χ3n) is 5.98. The van der Waals surface area contributed by atoms with E-state index in [0.717, 1.165) is 66.9 Å². The normalized spacial score (nSPS) is 21.7. The van der Waals surface area contributed by atoms with Crippen molar-refractivity contribution >= 4 is 17.2 Å². The molecule has 6 heteroatoms. The van der Waals surface area contributed by atoms with Gasteiger partial charge in [-0.2, -0.15) is 0 Å². The van der Waals surface area contributed by atoms with Crippen LogP contribution >= 0.6 is 11.3 Å². The second-order valence-electron chi connectivity index (χ2n) is 8.23. The highest BCUT2D eigenvalue weighted by atomic mass is 32.1.